The van der Waals surface area contributed by atoms with E-state index in [0.717, 1.165) is 38.2 Å². The first-order valence-corrected chi connectivity index (χ1v) is 10.2. The van der Waals surface area contributed by atoms with Gasteiger partial charge < -0.3 is 24.7 Å². The number of hydrogen-bond donors (Lipinski definition) is 1. The fourth-order valence-electron chi connectivity index (χ4n) is 2.97. The van der Waals surface area contributed by atoms with Crippen molar-refractivity contribution < 1.29 is 18.9 Å². The predicted octanol–water partition coefficient (Wildman–Crippen LogP) is 2.35. The van der Waals surface area contributed by atoms with Crippen LogP contribution in [0.3, 0.4) is 0 Å². The summed E-state index contributed by atoms with van der Waals surface area (Å²) in [6, 6.07) is 8.62. The smallest absolute Gasteiger partial charge is 0.119 e. The number of nitrogens with two attached hydrogens (primary N) is 1. The highest BCUT2D eigenvalue weighted by atomic mass is 16.6. The van der Waals surface area contributed by atoms with Crippen LogP contribution in [0.4, 0.5) is 0 Å². The largest absolute Gasteiger partial charge is 0.491 e. The fraction of sp³-hybridized carbons (Fsp3) is 0.700. The van der Waals surface area contributed by atoms with Gasteiger partial charge in [0.15, 0.2) is 0 Å². The van der Waals surface area contributed by atoms with Gasteiger partial charge in [-0.05, 0) is 49.2 Å². The molecule has 0 atom stereocenters. The number of rotatable bonds is 15. The van der Waals surface area contributed by atoms with Gasteiger partial charge in [0, 0.05) is 24.0 Å². The number of likely N-dealkylation sites (tertiary alicyclic amines) is 1. The quantitative estimate of drug-likeness (QED) is 0.207. The lowest BCUT2D eigenvalue weighted by atomic mass is 10.1. The fourth-order valence-corrected chi connectivity index (χ4v) is 2.97. The zero-order chi connectivity index (χ0) is 20.6. The molecule has 0 spiro atoms. The second kappa shape index (κ2) is 15.0. The van der Waals surface area contributed by atoms with Crippen molar-refractivity contribution in [3.8, 4) is 5.75 Å². The highest BCUT2D eigenvalue weighted by molar-refractivity contribution is 5.27. The maximum absolute atomic E-state index is 8.12. The molecule has 0 amide bonds. The van der Waals surface area contributed by atoms with Gasteiger partial charge in [-0.2, -0.15) is 0 Å². The van der Waals surface area contributed by atoms with E-state index < -0.39 is 0 Å². The number of azide groups is 1. The molecule has 1 fully saturated rings. The molecule has 1 aliphatic rings. The molecule has 29 heavy (non-hydrogen) atoms. The Labute approximate surface area is 172 Å². The van der Waals surface area contributed by atoms with E-state index in [-0.39, 0.29) is 0 Å². The van der Waals surface area contributed by atoms with E-state index in [1.54, 1.807) is 0 Å². The summed E-state index contributed by atoms with van der Waals surface area (Å²) >= 11 is 0. The number of piperidine rings is 1. The lowest BCUT2D eigenvalue weighted by Crippen LogP contribution is -2.39. The predicted molar refractivity (Wildman–Crippen MR) is 111 cm³/mol. The van der Waals surface area contributed by atoms with Gasteiger partial charge in [-0.3, -0.25) is 4.90 Å². The summed E-state index contributed by atoms with van der Waals surface area (Å²) in [6.07, 6.45) is 2.16. The van der Waals surface area contributed by atoms with Crippen LogP contribution in [0, 0.1) is 0 Å². The molecule has 0 radical (unpaired) electrons. The van der Waals surface area contributed by atoms with Crippen LogP contribution in [0.25, 0.3) is 10.4 Å². The van der Waals surface area contributed by atoms with Crippen LogP contribution in [0.15, 0.2) is 29.4 Å². The molecule has 1 saturated heterocycles. The Hall–Kier alpha value is -1.87. The van der Waals surface area contributed by atoms with Gasteiger partial charge in [-0.15, -0.1) is 0 Å². The molecule has 1 aromatic carbocycles. The normalized spacial score (nSPS) is 15.2. The third-order valence-electron chi connectivity index (χ3n) is 4.60. The number of ether oxygens (including phenoxy) is 4. The van der Waals surface area contributed by atoms with Crippen molar-refractivity contribution in [3.63, 3.8) is 0 Å². The Balaban J connectivity index is 1.43. The summed E-state index contributed by atoms with van der Waals surface area (Å²) in [6.45, 7) is 6.89. The first kappa shape index (κ1) is 23.4. The average molecular weight is 408 g/mol. The van der Waals surface area contributed by atoms with Crippen LogP contribution in [0.1, 0.15) is 18.4 Å². The second-order valence-corrected chi connectivity index (χ2v) is 6.90. The zero-order valence-electron chi connectivity index (χ0n) is 17.1. The first-order chi connectivity index (χ1) is 14.3. The minimum atomic E-state index is 0.343. The number of benzene rings is 1. The standard InChI is InChI=1S/C20H33N5O4/c21-19-5-8-25(9-6-19)17-18-1-3-20(4-2-18)29-16-15-28-14-13-27-12-11-26-10-7-23-24-22/h1-4,19H,5-17,21H2. The molecule has 1 aromatic rings. The van der Waals surface area contributed by atoms with Gasteiger partial charge >= 0.3 is 0 Å². The van der Waals surface area contributed by atoms with E-state index in [1.165, 1.54) is 5.56 Å². The van der Waals surface area contributed by atoms with Gasteiger partial charge in [-0.25, -0.2) is 0 Å². The summed E-state index contributed by atoms with van der Waals surface area (Å²) in [4.78, 5) is 5.10. The van der Waals surface area contributed by atoms with Crippen molar-refractivity contribution in [2.45, 2.75) is 25.4 Å². The molecule has 1 heterocycles. The van der Waals surface area contributed by atoms with Crippen LogP contribution in [0.5, 0.6) is 5.75 Å². The summed E-state index contributed by atoms with van der Waals surface area (Å²) in [5.41, 5.74) is 15.4. The molecule has 9 heteroatoms. The van der Waals surface area contributed by atoms with E-state index in [0.29, 0.717) is 58.8 Å². The maximum atomic E-state index is 8.12. The summed E-state index contributed by atoms with van der Waals surface area (Å²) in [5.74, 6) is 0.854. The average Bonchev–Trinajstić information content (AvgIpc) is 2.74. The van der Waals surface area contributed by atoms with Crippen molar-refractivity contribution in [1.82, 2.24) is 4.90 Å². The van der Waals surface area contributed by atoms with E-state index >= 15 is 0 Å². The summed E-state index contributed by atoms with van der Waals surface area (Å²) in [7, 11) is 0. The van der Waals surface area contributed by atoms with Crippen LogP contribution >= 0.6 is 0 Å². The van der Waals surface area contributed by atoms with Gasteiger partial charge in [0.25, 0.3) is 0 Å². The lowest BCUT2D eigenvalue weighted by Gasteiger charge is -2.30. The Kier molecular flexibility index (Phi) is 12.1. The van der Waals surface area contributed by atoms with Crippen molar-refractivity contribution >= 4 is 0 Å². The molecule has 162 valence electrons. The molecular formula is C20H33N5O4. The van der Waals surface area contributed by atoms with Gasteiger partial charge in [0.1, 0.15) is 12.4 Å². The summed E-state index contributed by atoms with van der Waals surface area (Å²) < 4.78 is 21.8. The molecule has 0 saturated carbocycles. The van der Waals surface area contributed by atoms with Crippen LogP contribution in [0.2, 0.25) is 0 Å². The van der Waals surface area contributed by atoms with E-state index in [2.05, 4.69) is 27.1 Å². The topological polar surface area (TPSA) is 115 Å². The molecule has 2 N–H and O–H groups in total. The van der Waals surface area contributed by atoms with Crippen LogP contribution in [-0.4, -0.2) is 76.8 Å². The molecule has 0 bridgehead atoms. The molecule has 9 nitrogen and oxygen atoms in total. The third kappa shape index (κ3) is 11.0. The van der Waals surface area contributed by atoms with Crippen molar-refractivity contribution in [2.24, 2.45) is 10.8 Å². The van der Waals surface area contributed by atoms with Crippen molar-refractivity contribution in [1.29, 1.82) is 0 Å². The first-order valence-electron chi connectivity index (χ1n) is 10.2. The van der Waals surface area contributed by atoms with E-state index in [4.69, 9.17) is 30.2 Å². The molecular weight excluding hydrogens is 374 g/mol. The molecule has 0 aliphatic carbocycles. The lowest BCUT2D eigenvalue weighted by molar-refractivity contribution is 0.0106. The highest BCUT2D eigenvalue weighted by Crippen LogP contribution is 2.16. The SMILES string of the molecule is [N-]=[N+]=NCCOCCOCCOCCOc1ccc(CN2CCC(N)CC2)cc1. The Morgan fingerprint density at radius 1 is 0.931 bits per heavy atom. The van der Waals surface area contributed by atoms with Gasteiger partial charge in [0.05, 0.1) is 39.6 Å². The summed E-state index contributed by atoms with van der Waals surface area (Å²) in [5, 5.41) is 3.38. The second-order valence-electron chi connectivity index (χ2n) is 6.90. The Morgan fingerprint density at radius 2 is 1.52 bits per heavy atom. The molecule has 0 aromatic heterocycles. The minimum absolute atomic E-state index is 0.343. The third-order valence-corrected chi connectivity index (χ3v) is 4.60. The van der Waals surface area contributed by atoms with E-state index in [9.17, 15) is 0 Å². The number of hydrogen-bond acceptors (Lipinski definition) is 7. The maximum Gasteiger partial charge on any atom is 0.119 e. The Bertz CT molecular complexity index is 587. The van der Waals surface area contributed by atoms with Crippen molar-refractivity contribution in [2.75, 3.05) is 65.9 Å². The number of nitrogens with zero attached hydrogens (tertiary/aromatic N) is 4. The molecule has 0 unspecified atom stereocenters. The van der Waals surface area contributed by atoms with Crippen LogP contribution < -0.4 is 10.5 Å². The van der Waals surface area contributed by atoms with E-state index in [1.807, 2.05) is 12.1 Å². The minimum Gasteiger partial charge on any atom is -0.491 e. The monoisotopic (exact) mass is 407 g/mol. The zero-order valence-corrected chi connectivity index (χ0v) is 17.1. The molecule has 2 rings (SSSR count). The highest BCUT2D eigenvalue weighted by Gasteiger charge is 2.15. The Morgan fingerprint density at radius 3 is 2.14 bits per heavy atom. The van der Waals surface area contributed by atoms with Crippen molar-refractivity contribution in [3.05, 3.63) is 40.3 Å². The van der Waals surface area contributed by atoms with Gasteiger partial charge in [0.2, 0.25) is 0 Å². The van der Waals surface area contributed by atoms with Gasteiger partial charge in [-0.1, -0.05) is 17.2 Å². The van der Waals surface area contributed by atoms with Crippen LogP contribution in [-0.2, 0) is 20.8 Å². The molecule has 1 aliphatic heterocycles.